The van der Waals surface area contributed by atoms with Crippen LogP contribution < -0.4 is 5.32 Å². The molecular formula is C13H17N3OS. The van der Waals surface area contributed by atoms with Crippen molar-refractivity contribution in [3.05, 3.63) is 35.3 Å². The molecule has 0 aromatic carbocycles. The lowest BCUT2D eigenvalue weighted by molar-refractivity contribution is 0.431. The van der Waals surface area contributed by atoms with Crippen LogP contribution in [-0.4, -0.2) is 16.5 Å². The molecule has 0 amide bonds. The zero-order chi connectivity index (χ0) is 13.0. The fraction of sp³-hybridized carbons (Fsp3) is 0.385. The minimum absolute atomic E-state index is 0.654. The first kappa shape index (κ1) is 13.1. The Morgan fingerprint density at radius 2 is 2.22 bits per heavy atom. The number of pyridine rings is 1. The highest BCUT2D eigenvalue weighted by Gasteiger charge is 2.11. The van der Waals surface area contributed by atoms with Crippen molar-refractivity contribution in [3.63, 3.8) is 0 Å². The standard InChI is InChI=1S/C13H17N3OS/c1-4-14-8-11-6-5-7-15-12(11)18-13-16-9(2)10(3)17-13/h5-7,14H,4,8H2,1-3H3. The molecule has 2 heterocycles. The van der Waals surface area contributed by atoms with Gasteiger partial charge in [0.05, 0.1) is 5.69 Å². The molecule has 0 atom stereocenters. The van der Waals surface area contributed by atoms with Gasteiger partial charge in [-0.15, -0.1) is 0 Å². The zero-order valence-corrected chi connectivity index (χ0v) is 11.7. The summed E-state index contributed by atoms with van der Waals surface area (Å²) in [6, 6.07) is 4.02. The van der Waals surface area contributed by atoms with Crippen LogP contribution in [0.3, 0.4) is 0 Å². The van der Waals surface area contributed by atoms with Crippen LogP contribution >= 0.6 is 11.8 Å². The number of hydrogen-bond donors (Lipinski definition) is 1. The molecule has 0 fully saturated rings. The topological polar surface area (TPSA) is 51.0 Å². The molecule has 4 nitrogen and oxygen atoms in total. The first-order valence-corrected chi connectivity index (χ1v) is 6.79. The summed E-state index contributed by atoms with van der Waals surface area (Å²) in [5.41, 5.74) is 2.10. The Morgan fingerprint density at radius 3 is 2.89 bits per heavy atom. The van der Waals surface area contributed by atoms with E-state index in [2.05, 4.69) is 28.3 Å². The van der Waals surface area contributed by atoms with Gasteiger partial charge in [0.15, 0.2) is 0 Å². The van der Waals surface area contributed by atoms with Crippen molar-refractivity contribution in [2.75, 3.05) is 6.54 Å². The Hall–Kier alpha value is -1.33. The first-order chi connectivity index (χ1) is 8.70. The predicted molar refractivity (Wildman–Crippen MR) is 71.7 cm³/mol. The second-order valence-electron chi connectivity index (χ2n) is 3.97. The van der Waals surface area contributed by atoms with E-state index in [9.17, 15) is 0 Å². The third-order valence-electron chi connectivity index (χ3n) is 2.61. The maximum Gasteiger partial charge on any atom is 0.262 e. The van der Waals surface area contributed by atoms with E-state index in [1.54, 1.807) is 6.20 Å². The fourth-order valence-corrected chi connectivity index (χ4v) is 2.38. The summed E-state index contributed by atoms with van der Waals surface area (Å²) in [6.07, 6.45) is 1.79. The lowest BCUT2D eigenvalue weighted by Gasteiger charge is -2.06. The molecule has 96 valence electrons. The third-order valence-corrected chi connectivity index (χ3v) is 3.52. The van der Waals surface area contributed by atoms with Gasteiger partial charge in [0.2, 0.25) is 0 Å². The van der Waals surface area contributed by atoms with E-state index in [-0.39, 0.29) is 0 Å². The van der Waals surface area contributed by atoms with Gasteiger partial charge in [0.25, 0.3) is 5.22 Å². The van der Waals surface area contributed by atoms with Gasteiger partial charge >= 0.3 is 0 Å². The second kappa shape index (κ2) is 6.02. The summed E-state index contributed by atoms with van der Waals surface area (Å²) in [5.74, 6) is 0.863. The largest absolute Gasteiger partial charge is 0.436 e. The molecule has 2 rings (SSSR count). The van der Waals surface area contributed by atoms with Gasteiger partial charge in [-0.3, -0.25) is 0 Å². The molecule has 0 aliphatic rings. The summed E-state index contributed by atoms with van der Waals surface area (Å²) < 4.78 is 5.57. The highest BCUT2D eigenvalue weighted by molar-refractivity contribution is 7.99. The van der Waals surface area contributed by atoms with Crippen LogP contribution in [-0.2, 0) is 6.54 Å². The molecule has 2 aromatic heterocycles. The highest BCUT2D eigenvalue weighted by atomic mass is 32.2. The Balaban J connectivity index is 2.17. The summed E-state index contributed by atoms with van der Waals surface area (Å²) in [5, 5.41) is 4.90. The predicted octanol–water partition coefficient (Wildman–Crippen LogP) is 2.95. The van der Waals surface area contributed by atoms with Crippen LogP contribution in [0.25, 0.3) is 0 Å². The van der Waals surface area contributed by atoms with Crippen LogP contribution in [0.1, 0.15) is 23.9 Å². The van der Waals surface area contributed by atoms with E-state index in [4.69, 9.17) is 4.42 Å². The maximum absolute atomic E-state index is 5.57. The fourth-order valence-electron chi connectivity index (χ4n) is 1.48. The number of hydrogen-bond acceptors (Lipinski definition) is 5. The smallest absolute Gasteiger partial charge is 0.262 e. The van der Waals surface area contributed by atoms with E-state index in [1.165, 1.54) is 11.8 Å². The molecule has 0 spiro atoms. The van der Waals surface area contributed by atoms with Gasteiger partial charge in [0.1, 0.15) is 10.8 Å². The molecule has 0 radical (unpaired) electrons. The van der Waals surface area contributed by atoms with Gasteiger partial charge in [-0.2, -0.15) is 0 Å². The molecule has 0 bridgehead atoms. The molecule has 0 unspecified atom stereocenters. The van der Waals surface area contributed by atoms with Crippen LogP contribution in [0.15, 0.2) is 33.0 Å². The molecule has 0 aliphatic heterocycles. The number of aryl methyl sites for hydroxylation is 2. The number of nitrogens with one attached hydrogen (secondary N) is 1. The van der Waals surface area contributed by atoms with Crippen molar-refractivity contribution in [3.8, 4) is 0 Å². The van der Waals surface area contributed by atoms with Gasteiger partial charge in [-0.05, 0) is 43.8 Å². The van der Waals surface area contributed by atoms with E-state index in [1.807, 2.05) is 19.9 Å². The average Bonchev–Trinajstić information content (AvgIpc) is 2.67. The minimum atomic E-state index is 0.654. The monoisotopic (exact) mass is 263 g/mol. The lowest BCUT2D eigenvalue weighted by Crippen LogP contribution is -2.12. The number of rotatable bonds is 5. The molecule has 0 saturated carbocycles. The van der Waals surface area contributed by atoms with Crippen LogP contribution in [0.5, 0.6) is 0 Å². The number of nitrogens with zero attached hydrogens (tertiary/aromatic N) is 2. The van der Waals surface area contributed by atoms with Crippen LogP contribution in [0, 0.1) is 13.8 Å². The third kappa shape index (κ3) is 3.11. The number of oxazole rings is 1. The quantitative estimate of drug-likeness (QED) is 0.898. The maximum atomic E-state index is 5.57. The SMILES string of the molecule is CCNCc1cccnc1Sc1nc(C)c(C)o1. The molecular weight excluding hydrogens is 246 g/mol. The summed E-state index contributed by atoms with van der Waals surface area (Å²) in [7, 11) is 0. The van der Waals surface area contributed by atoms with Gasteiger partial charge in [-0.1, -0.05) is 13.0 Å². The molecule has 0 saturated heterocycles. The normalized spacial score (nSPS) is 10.8. The second-order valence-corrected chi connectivity index (χ2v) is 4.91. The highest BCUT2D eigenvalue weighted by Crippen LogP contribution is 2.29. The first-order valence-electron chi connectivity index (χ1n) is 5.97. The Morgan fingerprint density at radius 1 is 1.39 bits per heavy atom. The van der Waals surface area contributed by atoms with Crippen molar-refractivity contribution in [1.29, 1.82) is 0 Å². The molecule has 5 heteroatoms. The summed E-state index contributed by atoms with van der Waals surface area (Å²) >= 11 is 1.47. The minimum Gasteiger partial charge on any atom is -0.436 e. The molecule has 18 heavy (non-hydrogen) atoms. The van der Waals surface area contributed by atoms with Crippen molar-refractivity contribution >= 4 is 11.8 Å². The summed E-state index contributed by atoms with van der Waals surface area (Å²) in [4.78, 5) is 8.75. The van der Waals surface area contributed by atoms with E-state index in [0.29, 0.717) is 5.22 Å². The van der Waals surface area contributed by atoms with E-state index in [0.717, 1.165) is 35.1 Å². The molecule has 2 aromatic rings. The zero-order valence-electron chi connectivity index (χ0n) is 10.9. The van der Waals surface area contributed by atoms with Crippen LogP contribution in [0.2, 0.25) is 0 Å². The Bertz CT molecular complexity index is 505. The lowest BCUT2D eigenvalue weighted by atomic mass is 10.3. The Kier molecular flexibility index (Phi) is 4.38. The van der Waals surface area contributed by atoms with E-state index < -0.39 is 0 Å². The van der Waals surface area contributed by atoms with Crippen molar-refractivity contribution in [2.24, 2.45) is 0 Å². The molecule has 1 N–H and O–H groups in total. The van der Waals surface area contributed by atoms with Gasteiger partial charge in [-0.25, -0.2) is 9.97 Å². The number of aromatic nitrogens is 2. The summed E-state index contributed by atoms with van der Waals surface area (Å²) in [6.45, 7) is 7.71. The molecule has 0 aliphatic carbocycles. The van der Waals surface area contributed by atoms with Gasteiger partial charge in [0, 0.05) is 12.7 Å². The van der Waals surface area contributed by atoms with Crippen molar-refractivity contribution in [1.82, 2.24) is 15.3 Å². The average molecular weight is 263 g/mol. The van der Waals surface area contributed by atoms with Crippen molar-refractivity contribution < 1.29 is 4.42 Å². The van der Waals surface area contributed by atoms with E-state index >= 15 is 0 Å². The van der Waals surface area contributed by atoms with Crippen LogP contribution in [0.4, 0.5) is 0 Å². The Labute approximate surface area is 111 Å². The van der Waals surface area contributed by atoms with Gasteiger partial charge < -0.3 is 9.73 Å². The van der Waals surface area contributed by atoms with Crippen molar-refractivity contribution in [2.45, 2.75) is 37.6 Å².